The van der Waals surface area contributed by atoms with Crippen LogP contribution in [0.15, 0.2) is 48.5 Å². The second-order valence-corrected chi connectivity index (χ2v) is 7.84. The summed E-state index contributed by atoms with van der Waals surface area (Å²) in [5, 5.41) is 12.3. The number of halogens is 1. The van der Waals surface area contributed by atoms with E-state index >= 15 is 0 Å². The quantitative estimate of drug-likeness (QED) is 0.746. The second-order valence-electron chi connectivity index (χ2n) is 7.84. The van der Waals surface area contributed by atoms with E-state index in [1.807, 2.05) is 49.3 Å². The van der Waals surface area contributed by atoms with E-state index in [0.29, 0.717) is 19.4 Å². The molecule has 0 fully saturated rings. The molecular formula is C22H29FN2O2. The Hall–Kier alpha value is -2.40. The fraction of sp³-hybridized carbons (Fsp3) is 0.409. The third-order valence-corrected chi connectivity index (χ3v) is 4.91. The van der Waals surface area contributed by atoms with Crippen LogP contribution < -0.4 is 5.32 Å². The van der Waals surface area contributed by atoms with Gasteiger partial charge in [-0.15, -0.1) is 0 Å². The van der Waals surface area contributed by atoms with Gasteiger partial charge in [-0.3, -0.25) is 4.79 Å². The molecule has 0 spiro atoms. The number of benzene rings is 2. The molecule has 0 aliphatic rings. The molecule has 0 saturated carbocycles. The first-order chi connectivity index (χ1) is 12.7. The first-order valence-corrected chi connectivity index (χ1v) is 9.15. The van der Waals surface area contributed by atoms with Gasteiger partial charge in [0.25, 0.3) is 0 Å². The van der Waals surface area contributed by atoms with Crippen molar-refractivity contribution >= 4 is 5.91 Å². The number of nitrogens with one attached hydrogen (secondary N) is 1. The van der Waals surface area contributed by atoms with Crippen LogP contribution in [0, 0.1) is 5.82 Å². The fourth-order valence-corrected chi connectivity index (χ4v) is 3.07. The summed E-state index contributed by atoms with van der Waals surface area (Å²) < 4.78 is 13.6. The van der Waals surface area contributed by atoms with Crippen LogP contribution in [-0.4, -0.2) is 42.6 Å². The highest BCUT2D eigenvalue weighted by Crippen LogP contribution is 2.26. The number of nitrogens with zero attached hydrogens (tertiary/aromatic N) is 1. The summed E-state index contributed by atoms with van der Waals surface area (Å²) in [5.41, 5.74) is 1.66. The normalized spacial score (nSPS) is 12.8. The number of aromatic hydroxyl groups is 1. The lowest BCUT2D eigenvalue weighted by atomic mass is 9.81. The van der Waals surface area contributed by atoms with Crippen LogP contribution in [0.1, 0.15) is 31.4 Å². The number of amides is 1. The maximum Gasteiger partial charge on any atom is 0.220 e. The van der Waals surface area contributed by atoms with Crippen molar-refractivity contribution in [2.75, 3.05) is 20.6 Å². The molecule has 2 aromatic carbocycles. The van der Waals surface area contributed by atoms with E-state index in [1.54, 1.807) is 6.07 Å². The Morgan fingerprint density at radius 1 is 1.19 bits per heavy atom. The van der Waals surface area contributed by atoms with Gasteiger partial charge in [0.2, 0.25) is 5.91 Å². The Morgan fingerprint density at radius 2 is 1.85 bits per heavy atom. The molecule has 2 aromatic rings. The lowest BCUT2D eigenvalue weighted by molar-refractivity contribution is -0.122. The summed E-state index contributed by atoms with van der Waals surface area (Å²) in [6, 6.07) is 14.4. The van der Waals surface area contributed by atoms with Crippen LogP contribution in [0.4, 0.5) is 4.39 Å². The summed E-state index contributed by atoms with van der Waals surface area (Å²) in [6.45, 7) is 4.59. The van der Waals surface area contributed by atoms with Crippen LogP contribution >= 0.6 is 0 Å². The van der Waals surface area contributed by atoms with Crippen molar-refractivity contribution in [3.05, 3.63) is 65.5 Å². The van der Waals surface area contributed by atoms with E-state index in [9.17, 15) is 14.3 Å². The lowest BCUT2D eigenvalue weighted by Crippen LogP contribution is -2.42. The summed E-state index contributed by atoms with van der Waals surface area (Å²) in [7, 11) is 3.86. The van der Waals surface area contributed by atoms with Crippen LogP contribution in [0.25, 0.3) is 0 Å². The van der Waals surface area contributed by atoms with Gasteiger partial charge in [0.15, 0.2) is 11.6 Å². The number of hydrogen-bond donors (Lipinski definition) is 2. The van der Waals surface area contributed by atoms with E-state index in [1.165, 1.54) is 12.1 Å². The third-order valence-electron chi connectivity index (χ3n) is 4.91. The van der Waals surface area contributed by atoms with Crippen molar-refractivity contribution < 1.29 is 14.3 Å². The minimum absolute atomic E-state index is 0.00686. The average molecular weight is 372 g/mol. The molecular weight excluding hydrogens is 343 g/mol. The molecule has 5 heteroatoms. The van der Waals surface area contributed by atoms with Crippen LogP contribution in [0.5, 0.6) is 5.75 Å². The lowest BCUT2D eigenvalue weighted by Gasteiger charge is -2.27. The standard InChI is InChI=1S/C22H29FN2O2/c1-22(2,17-8-6-5-7-9-17)14-21(27)24-15-18(25(3)4)12-16-10-11-20(26)19(23)13-16/h5-11,13,18,26H,12,14-15H2,1-4H3,(H,24,27)/t18-/m0/s1. The summed E-state index contributed by atoms with van der Waals surface area (Å²) in [6.07, 6.45) is 0.970. The summed E-state index contributed by atoms with van der Waals surface area (Å²) in [5.74, 6) is -0.983. The predicted octanol–water partition coefficient (Wildman–Crippen LogP) is 3.49. The Kier molecular flexibility index (Phi) is 6.97. The molecule has 1 amide bonds. The fourth-order valence-electron chi connectivity index (χ4n) is 3.07. The molecule has 0 aliphatic carbocycles. The predicted molar refractivity (Wildman–Crippen MR) is 106 cm³/mol. The highest BCUT2D eigenvalue weighted by Gasteiger charge is 2.24. The zero-order valence-electron chi connectivity index (χ0n) is 16.5. The van der Waals surface area contributed by atoms with Crippen molar-refractivity contribution in [3.8, 4) is 5.75 Å². The molecule has 0 saturated heterocycles. The minimum Gasteiger partial charge on any atom is -0.505 e. The van der Waals surface area contributed by atoms with Gasteiger partial charge in [0, 0.05) is 19.0 Å². The van der Waals surface area contributed by atoms with Gasteiger partial charge in [0.1, 0.15) is 0 Å². The third kappa shape index (κ3) is 6.07. The molecule has 0 aliphatic heterocycles. The van der Waals surface area contributed by atoms with Gasteiger partial charge in [-0.25, -0.2) is 4.39 Å². The number of phenols is 1. The maximum atomic E-state index is 13.6. The van der Waals surface area contributed by atoms with Gasteiger partial charge in [-0.2, -0.15) is 0 Å². The van der Waals surface area contributed by atoms with E-state index in [-0.39, 0.29) is 23.1 Å². The Labute approximate surface area is 161 Å². The minimum atomic E-state index is -0.626. The zero-order chi connectivity index (χ0) is 20.0. The Balaban J connectivity index is 1.95. The molecule has 0 heterocycles. The van der Waals surface area contributed by atoms with E-state index in [0.717, 1.165) is 11.1 Å². The van der Waals surface area contributed by atoms with Gasteiger partial charge < -0.3 is 15.3 Å². The summed E-state index contributed by atoms with van der Waals surface area (Å²) >= 11 is 0. The molecule has 27 heavy (non-hydrogen) atoms. The van der Waals surface area contributed by atoms with Crippen LogP contribution in [0.2, 0.25) is 0 Å². The monoisotopic (exact) mass is 372 g/mol. The summed E-state index contributed by atoms with van der Waals surface area (Å²) in [4.78, 5) is 14.5. The first kappa shape index (κ1) is 20.9. The second kappa shape index (κ2) is 9.00. The molecule has 2 N–H and O–H groups in total. The molecule has 0 bridgehead atoms. The largest absolute Gasteiger partial charge is 0.505 e. The number of hydrogen-bond acceptors (Lipinski definition) is 3. The number of carbonyl (C=O) groups excluding carboxylic acids is 1. The molecule has 1 atom stereocenters. The number of carbonyl (C=O) groups is 1. The Bertz CT molecular complexity index is 760. The highest BCUT2D eigenvalue weighted by atomic mass is 19.1. The Morgan fingerprint density at radius 3 is 2.44 bits per heavy atom. The average Bonchev–Trinajstić information content (AvgIpc) is 2.61. The highest BCUT2D eigenvalue weighted by molar-refractivity contribution is 5.77. The smallest absolute Gasteiger partial charge is 0.220 e. The molecule has 146 valence electrons. The van der Waals surface area contributed by atoms with Crippen LogP contribution in [0.3, 0.4) is 0 Å². The van der Waals surface area contributed by atoms with Gasteiger partial charge >= 0.3 is 0 Å². The SMILES string of the molecule is CN(C)[C@H](CNC(=O)CC(C)(C)c1ccccc1)Cc1ccc(O)c(F)c1. The molecule has 0 aromatic heterocycles. The van der Waals surface area contributed by atoms with Crippen molar-refractivity contribution in [1.82, 2.24) is 10.2 Å². The molecule has 0 unspecified atom stereocenters. The van der Waals surface area contributed by atoms with Crippen molar-refractivity contribution in [2.24, 2.45) is 0 Å². The maximum absolute atomic E-state index is 13.6. The molecule has 0 radical (unpaired) electrons. The first-order valence-electron chi connectivity index (χ1n) is 9.15. The van der Waals surface area contributed by atoms with E-state index < -0.39 is 5.82 Å². The van der Waals surface area contributed by atoms with E-state index in [2.05, 4.69) is 19.2 Å². The van der Waals surface area contributed by atoms with E-state index in [4.69, 9.17) is 0 Å². The van der Waals surface area contributed by atoms with Crippen molar-refractivity contribution in [1.29, 1.82) is 0 Å². The number of phenolic OH excluding ortho intramolecular Hbond substituents is 1. The molecule has 2 rings (SSSR count). The number of likely N-dealkylation sites (N-methyl/N-ethyl adjacent to an activating group) is 1. The van der Waals surface area contributed by atoms with Gasteiger partial charge in [-0.1, -0.05) is 50.2 Å². The zero-order valence-corrected chi connectivity index (χ0v) is 16.5. The van der Waals surface area contributed by atoms with Gasteiger partial charge in [-0.05, 0) is 49.2 Å². The van der Waals surface area contributed by atoms with Crippen molar-refractivity contribution in [3.63, 3.8) is 0 Å². The van der Waals surface area contributed by atoms with Crippen LogP contribution in [-0.2, 0) is 16.6 Å². The van der Waals surface area contributed by atoms with Crippen molar-refractivity contribution in [2.45, 2.75) is 38.1 Å². The van der Waals surface area contributed by atoms with Gasteiger partial charge in [0.05, 0.1) is 0 Å². The topological polar surface area (TPSA) is 52.6 Å². The molecule has 4 nitrogen and oxygen atoms in total. The number of rotatable bonds is 8.